The molecule has 0 radical (unpaired) electrons. The Morgan fingerprint density at radius 3 is 2.56 bits per heavy atom. The van der Waals surface area contributed by atoms with Crippen molar-refractivity contribution in [1.29, 1.82) is 5.26 Å². The number of aromatic amines is 1. The lowest BCUT2D eigenvalue weighted by Gasteiger charge is -2.21. The second-order valence-corrected chi connectivity index (χ2v) is 9.33. The maximum absolute atomic E-state index is 14.0. The summed E-state index contributed by atoms with van der Waals surface area (Å²) in [7, 11) is 0. The first-order valence-electron chi connectivity index (χ1n) is 12.4. The fourth-order valence-electron chi connectivity index (χ4n) is 5.45. The van der Waals surface area contributed by atoms with Crippen LogP contribution in [0.25, 0.3) is 16.8 Å². The van der Waals surface area contributed by atoms with E-state index in [9.17, 15) is 10.1 Å². The highest BCUT2D eigenvalue weighted by Crippen LogP contribution is 2.29. The fourth-order valence-corrected chi connectivity index (χ4v) is 5.45. The van der Waals surface area contributed by atoms with Gasteiger partial charge in [0.15, 0.2) is 0 Å². The molecule has 0 amide bonds. The Morgan fingerprint density at radius 2 is 1.82 bits per heavy atom. The number of benzene rings is 2. The molecule has 0 unspecified atom stereocenters. The van der Waals surface area contributed by atoms with Crippen molar-refractivity contribution in [2.45, 2.75) is 64.3 Å². The normalized spacial score (nSPS) is 14.4. The molecule has 0 aliphatic heterocycles. The summed E-state index contributed by atoms with van der Waals surface area (Å²) >= 11 is 0. The third-order valence-electron chi connectivity index (χ3n) is 7.13. The van der Waals surface area contributed by atoms with Gasteiger partial charge in [0.1, 0.15) is 11.7 Å². The Kier molecular flexibility index (Phi) is 6.31. The molecule has 0 bridgehead atoms. The van der Waals surface area contributed by atoms with Crippen molar-refractivity contribution in [1.82, 2.24) is 9.67 Å². The summed E-state index contributed by atoms with van der Waals surface area (Å²) in [5, 5.41) is 12.8. The van der Waals surface area contributed by atoms with Crippen molar-refractivity contribution in [3.63, 3.8) is 0 Å². The Labute approximate surface area is 200 Å². The minimum absolute atomic E-state index is 0.161. The monoisotopic (exact) mass is 451 g/mol. The van der Waals surface area contributed by atoms with Gasteiger partial charge in [0.25, 0.3) is 0 Å². The first-order valence-corrected chi connectivity index (χ1v) is 12.4. The molecule has 5 rings (SSSR count). The van der Waals surface area contributed by atoms with Gasteiger partial charge in [-0.2, -0.15) is 9.83 Å². The van der Waals surface area contributed by atoms with Crippen molar-refractivity contribution in [2.24, 2.45) is 0 Å². The zero-order chi connectivity index (χ0) is 23.5. The second-order valence-electron chi connectivity index (χ2n) is 9.33. The van der Waals surface area contributed by atoms with Crippen LogP contribution in [0.3, 0.4) is 0 Å². The van der Waals surface area contributed by atoms with Crippen LogP contribution in [0.1, 0.15) is 73.9 Å². The van der Waals surface area contributed by atoms with Gasteiger partial charge >= 0.3 is 11.2 Å². The van der Waals surface area contributed by atoms with Crippen LogP contribution in [0.4, 0.5) is 0 Å². The van der Waals surface area contributed by atoms with E-state index in [-0.39, 0.29) is 11.6 Å². The highest BCUT2D eigenvalue weighted by atomic mass is 16.1. The van der Waals surface area contributed by atoms with Gasteiger partial charge in [0.2, 0.25) is 0 Å². The van der Waals surface area contributed by atoms with Crippen molar-refractivity contribution in [3.05, 3.63) is 93.5 Å². The van der Waals surface area contributed by atoms with Crippen LogP contribution in [0.2, 0.25) is 0 Å². The van der Waals surface area contributed by atoms with Gasteiger partial charge in [-0.15, -0.1) is 4.52 Å². The first kappa shape index (κ1) is 22.2. The van der Waals surface area contributed by atoms with E-state index in [1.807, 2.05) is 36.5 Å². The molecule has 2 aromatic carbocycles. The minimum atomic E-state index is 0.161. The number of fused-ring (bicyclic) bond motifs is 1. The first-order chi connectivity index (χ1) is 16.7. The highest BCUT2D eigenvalue weighted by molar-refractivity contribution is 5.70. The molecule has 2 aromatic heterocycles. The van der Waals surface area contributed by atoms with Gasteiger partial charge in [-0.05, 0) is 54.9 Å². The Morgan fingerprint density at radius 1 is 1.06 bits per heavy atom. The highest BCUT2D eigenvalue weighted by Gasteiger charge is 2.30. The number of nitrogens with one attached hydrogen (secondary N) is 1. The maximum Gasteiger partial charge on any atom is 0.341 e. The lowest BCUT2D eigenvalue weighted by atomic mass is 9.94. The summed E-state index contributed by atoms with van der Waals surface area (Å²) in [4.78, 5) is 14.0. The predicted octanol–water partition coefficient (Wildman–Crippen LogP) is 5.50. The van der Waals surface area contributed by atoms with E-state index in [2.05, 4.69) is 51.4 Å². The number of nitriles is 1. The SMILES string of the molecule is CCCc1c(Cc2ccc(-c3ccccc3C#N)cc2)c(=O)n(C2CCCCC2)c2cc[nH][n+]12. The summed E-state index contributed by atoms with van der Waals surface area (Å²) in [6.45, 7) is 2.16. The molecule has 1 aliphatic carbocycles. The summed E-state index contributed by atoms with van der Waals surface area (Å²) in [6.07, 6.45) is 10.1. The van der Waals surface area contributed by atoms with E-state index < -0.39 is 0 Å². The molecule has 1 N–H and O–H groups in total. The molecule has 2 heterocycles. The van der Waals surface area contributed by atoms with Crippen LogP contribution in [0.5, 0.6) is 0 Å². The van der Waals surface area contributed by atoms with Crippen molar-refractivity contribution < 1.29 is 4.52 Å². The number of aryl methyl sites for hydroxylation is 1. The molecule has 5 heteroatoms. The van der Waals surface area contributed by atoms with Crippen LogP contribution >= 0.6 is 0 Å². The van der Waals surface area contributed by atoms with Gasteiger partial charge in [-0.1, -0.05) is 55.8 Å². The van der Waals surface area contributed by atoms with Gasteiger partial charge in [-0.3, -0.25) is 0 Å². The summed E-state index contributed by atoms with van der Waals surface area (Å²) in [5.74, 6) is 0. The maximum atomic E-state index is 14.0. The summed E-state index contributed by atoms with van der Waals surface area (Å²) in [6, 6.07) is 20.6. The predicted molar refractivity (Wildman–Crippen MR) is 134 cm³/mol. The van der Waals surface area contributed by atoms with E-state index in [4.69, 9.17) is 0 Å². The summed E-state index contributed by atoms with van der Waals surface area (Å²) in [5.41, 5.74) is 6.84. The number of hydrogen-bond acceptors (Lipinski definition) is 2. The molecule has 34 heavy (non-hydrogen) atoms. The van der Waals surface area contributed by atoms with E-state index in [1.54, 1.807) is 0 Å². The molecular formula is C29H31N4O+. The molecule has 0 atom stereocenters. The Bertz CT molecular complexity index is 1400. The molecule has 5 nitrogen and oxygen atoms in total. The largest absolute Gasteiger partial charge is 0.341 e. The molecular weight excluding hydrogens is 420 g/mol. The van der Waals surface area contributed by atoms with Crippen LogP contribution in [-0.2, 0) is 12.8 Å². The number of nitrogens with zero attached hydrogens (tertiary/aromatic N) is 3. The molecule has 4 aromatic rings. The lowest BCUT2D eigenvalue weighted by Crippen LogP contribution is -2.43. The zero-order valence-electron chi connectivity index (χ0n) is 19.8. The number of hydrogen-bond donors (Lipinski definition) is 1. The van der Waals surface area contributed by atoms with E-state index in [0.717, 1.165) is 59.3 Å². The molecule has 0 saturated heterocycles. The fraction of sp³-hybridized carbons (Fsp3) is 0.345. The van der Waals surface area contributed by atoms with Crippen molar-refractivity contribution in [3.8, 4) is 17.2 Å². The van der Waals surface area contributed by atoms with Crippen molar-refractivity contribution >= 4 is 5.65 Å². The quantitative estimate of drug-likeness (QED) is 0.393. The smallest absolute Gasteiger partial charge is 0.241 e. The third kappa shape index (κ3) is 4.05. The van der Waals surface area contributed by atoms with Gasteiger partial charge in [-0.25, -0.2) is 9.89 Å². The van der Waals surface area contributed by atoms with Gasteiger partial charge in [0, 0.05) is 25.1 Å². The van der Waals surface area contributed by atoms with Crippen LogP contribution in [-0.4, -0.2) is 9.67 Å². The van der Waals surface area contributed by atoms with E-state index in [0.29, 0.717) is 12.0 Å². The molecule has 1 aliphatic rings. The van der Waals surface area contributed by atoms with Crippen LogP contribution in [0.15, 0.2) is 65.6 Å². The molecule has 172 valence electrons. The average molecular weight is 452 g/mol. The number of aromatic nitrogens is 3. The summed E-state index contributed by atoms with van der Waals surface area (Å²) < 4.78 is 4.19. The van der Waals surface area contributed by atoms with Crippen LogP contribution < -0.4 is 10.1 Å². The van der Waals surface area contributed by atoms with Gasteiger partial charge < -0.3 is 0 Å². The van der Waals surface area contributed by atoms with Crippen molar-refractivity contribution in [2.75, 3.05) is 0 Å². The number of rotatable bonds is 6. The third-order valence-corrected chi connectivity index (χ3v) is 7.13. The molecule has 0 spiro atoms. The number of H-pyrrole nitrogens is 1. The van der Waals surface area contributed by atoms with Gasteiger partial charge in [0.05, 0.1) is 17.2 Å². The average Bonchev–Trinajstić information content (AvgIpc) is 3.36. The molecule has 1 saturated carbocycles. The Balaban J connectivity index is 1.57. The van der Waals surface area contributed by atoms with E-state index in [1.165, 1.54) is 19.3 Å². The van der Waals surface area contributed by atoms with Crippen LogP contribution in [0, 0.1) is 11.3 Å². The zero-order valence-corrected chi connectivity index (χ0v) is 19.8. The van der Waals surface area contributed by atoms with E-state index >= 15 is 0 Å². The standard InChI is InChI=1S/C29H30N4O/c1-2-8-27-26(19-21-13-15-22(16-14-21)25-12-7-6-9-23(25)20-30)29(34)32(24-10-4-3-5-11-24)28-17-18-31-33(27)28/h6-7,9,12-18,24H,2-5,8,10-11,19H2,1H3/p+1. The minimum Gasteiger partial charge on any atom is -0.241 e. The molecule has 1 fully saturated rings. The lowest BCUT2D eigenvalue weighted by molar-refractivity contribution is -0.589. The second kappa shape index (κ2) is 9.69. The topological polar surface area (TPSA) is 65.7 Å². The Hall–Kier alpha value is -3.65.